The number of nitrogens with one attached hydrogen (secondary N) is 1. The second-order valence-corrected chi connectivity index (χ2v) is 5.23. The van der Waals surface area contributed by atoms with Gasteiger partial charge in [-0.05, 0) is 44.9 Å². The van der Waals surface area contributed by atoms with Gasteiger partial charge in [-0.3, -0.25) is 4.79 Å². The summed E-state index contributed by atoms with van der Waals surface area (Å²) in [7, 11) is 1.43. The monoisotopic (exact) mass is 249 g/mol. The molecule has 0 aromatic heterocycles. The SMILES string of the molecule is COC(=O)C(C)(C)CNCCc1ccccc1C. The molecule has 0 saturated heterocycles. The lowest BCUT2D eigenvalue weighted by molar-refractivity contribution is -0.150. The molecule has 3 nitrogen and oxygen atoms in total. The summed E-state index contributed by atoms with van der Waals surface area (Å²) in [5.41, 5.74) is 2.19. The van der Waals surface area contributed by atoms with E-state index in [9.17, 15) is 4.79 Å². The van der Waals surface area contributed by atoms with Crippen molar-refractivity contribution in [3.05, 3.63) is 35.4 Å². The summed E-state index contributed by atoms with van der Waals surface area (Å²) in [4.78, 5) is 11.5. The van der Waals surface area contributed by atoms with Crippen LogP contribution in [0.2, 0.25) is 0 Å². The largest absolute Gasteiger partial charge is 0.469 e. The number of methoxy groups -OCH3 is 1. The number of rotatable bonds is 6. The van der Waals surface area contributed by atoms with Gasteiger partial charge in [0, 0.05) is 6.54 Å². The number of hydrogen-bond acceptors (Lipinski definition) is 3. The highest BCUT2D eigenvalue weighted by Crippen LogP contribution is 2.15. The molecule has 0 aliphatic rings. The van der Waals surface area contributed by atoms with Crippen LogP contribution >= 0.6 is 0 Å². The Morgan fingerprint density at radius 3 is 2.61 bits per heavy atom. The lowest BCUT2D eigenvalue weighted by Gasteiger charge is -2.21. The van der Waals surface area contributed by atoms with Gasteiger partial charge in [0.05, 0.1) is 12.5 Å². The van der Waals surface area contributed by atoms with E-state index >= 15 is 0 Å². The van der Waals surface area contributed by atoms with Gasteiger partial charge in [-0.1, -0.05) is 24.3 Å². The molecular formula is C15H23NO2. The Balaban J connectivity index is 2.35. The van der Waals surface area contributed by atoms with Crippen molar-refractivity contribution < 1.29 is 9.53 Å². The summed E-state index contributed by atoms with van der Waals surface area (Å²) in [5, 5.41) is 3.32. The third-order valence-electron chi connectivity index (χ3n) is 3.14. The first-order valence-corrected chi connectivity index (χ1v) is 6.31. The van der Waals surface area contributed by atoms with Crippen molar-refractivity contribution in [1.82, 2.24) is 5.32 Å². The van der Waals surface area contributed by atoms with Gasteiger partial charge < -0.3 is 10.1 Å². The number of aryl methyl sites for hydroxylation is 1. The highest BCUT2D eigenvalue weighted by atomic mass is 16.5. The van der Waals surface area contributed by atoms with Crippen molar-refractivity contribution in [3.63, 3.8) is 0 Å². The molecule has 0 radical (unpaired) electrons. The molecule has 0 spiro atoms. The Kier molecular flexibility index (Phi) is 5.35. The zero-order valence-electron chi connectivity index (χ0n) is 11.7. The standard InChI is InChI=1S/C15H23NO2/c1-12-7-5-6-8-13(12)9-10-16-11-15(2,3)14(17)18-4/h5-8,16H,9-11H2,1-4H3. The molecule has 3 heteroatoms. The Hall–Kier alpha value is -1.35. The molecule has 1 N–H and O–H groups in total. The summed E-state index contributed by atoms with van der Waals surface area (Å²) >= 11 is 0. The zero-order valence-corrected chi connectivity index (χ0v) is 11.7. The lowest BCUT2D eigenvalue weighted by Crippen LogP contribution is -2.37. The number of benzene rings is 1. The fourth-order valence-corrected chi connectivity index (χ4v) is 1.86. The summed E-state index contributed by atoms with van der Waals surface area (Å²) in [5.74, 6) is -0.175. The third kappa shape index (κ3) is 4.15. The molecule has 0 amide bonds. The first kappa shape index (κ1) is 14.7. The van der Waals surface area contributed by atoms with Crippen LogP contribution in [0.15, 0.2) is 24.3 Å². The average molecular weight is 249 g/mol. The van der Waals surface area contributed by atoms with Gasteiger partial charge in [0.25, 0.3) is 0 Å². The Morgan fingerprint density at radius 1 is 1.33 bits per heavy atom. The van der Waals surface area contributed by atoms with Gasteiger partial charge in [0.2, 0.25) is 0 Å². The highest BCUT2D eigenvalue weighted by Gasteiger charge is 2.27. The average Bonchev–Trinajstić information content (AvgIpc) is 2.35. The third-order valence-corrected chi connectivity index (χ3v) is 3.14. The maximum atomic E-state index is 11.5. The molecule has 0 atom stereocenters. The summed E-state index contributed by atoms with van der Waals surface area (Å²) in [6, 6.07) is 8.36. The van der Waals surface area contributed by atoms with Crippen LogP contribution in [0.25, 0.3) is 0 Å². The fourth-order valence-electron chi connectivity index (χ4n) is 1.86. The first-order valence-electron chi connectivity index (χ1n) is 6.31. The van der Waals surface area contributed by atoms with E-state index in [1.54, 1.807) is 0 Å². The highest BCUT2D eigenvalue weighted by molar-refractivity contribution is 5.76. The van der Waals surface area contributed by atoms with E-state index in [1.807, 2.05) is 19.9 Å². The normalized spacial score (nSPS) is 11.3. The van der Waals surface area contributed by atoms with E-state index in [2.05, 4.69) is 30.4 Å². The topological polar surface area (TPSA) is 38.3 Å². The van der Waals surface area contributed by atoms with Gasteiger partial charge in [-0.15, -0.1) is 0 Å². The number of carbonyl (C=O) groups is 1. The molecule has 1 rings (SSSR count). The fraction of sp³-hybridized carbons (Fsp3) is 0.533. The number of hydrogen-bond donors (Lipinski definition) is 1. The van der Waals surface area contributed by atoms with Gasteiger partial charge in [0.15, 0.2) is 0 Å². The number of ether oxygens (including phenoxy) is 1. The van der Waals surface area contributed by atoms with Crippen LogP contribution in [0.3, 0.4) is 0 Å². The summed E-state index contributed by atoms with van der Waals surface area (Å²) in [6.07, 6.45) is 0.976. The van der Waals surface area contributed by atoms with E-state index in [0.717, 1.165) is 13.0 Å². The van der Waals surface area contributed by atoms with Crippen molar-refractivity contribution in [1.29, 1.82) is 0 Å². The molecule has 0 bridgehead atoms. The van der Waals surface area contributed by atoms with Crippen molar-refractivity contribution in [2.45, 2.75) is 27.2 Å². The molecule has 0 aliphatic heterocycles. The minimum absolute atomic E-state index is 0.175. The van der Waals surface area contributed by atoms with Crippen LogP contribution < -0.4 is 5.32 Å². The zero-order chi connectivity index (χ0) is 13.6. The molecule has 100 valence electrons. The van der Waals surface area contributed by atoms with E-state index in [4.69, 9.17) is 4.74 Å². The van der Waals surface area contributed by atoms with E-state index in [1.165, 1.54) is 18.2 Å². The van der Waals surface area contributed by atoms with Crippen molar-refractivity contribution >= 4 is 5.97 Å². The minimum atomic E-state index is -0.472. The molecule has 0 heterocycles. The van der Waals surface area contributed by atoms with E-state index in [0.29, 0.717) is 6.54 Å². The predicted octanol–water partition coefficient (Wildman–Crippen LogP) is 2.33. The van der Waals surface area contributed by atoms with Crippen LogP contribution in [0.1, 0.15) is 25.0 Å². The van der Waals surface area contributed by atoms with Crippen LogP contribution in [0.5, 0.6) is 0 Å². The molecule has 0 aliphatic carbocycles. The second kappa shape index (κ2) is 6.55. The molecule has 0 fully saturated rings. The Bertz CT molecular complexity index is 399. The number of esters is 1. The molecule has 1 aromatic carbocycles. The van der Waals surface area contributed by atoms with Gasteiger partial charge >= 0.3 is 5.97 Å². The number of carbonyl (C=O) groups excluding carboxylic acids is 1. The van der Waals surface area contributed by atoms with E-state index in [-0.39, 0.29) is 5.97 Å². The van der Waals surface area contributed by atoms with Crippen molar-refractivity contribution in [2.75, 3.05) is 20.2 Å². The second-order valence-electron chi connectivity index (χ2n) is 5.23. The molecular weight excluding hydrogens is 226 g/mol. The van der Waals surface area contributed by atoms with Gasteiger partial charge in [-0.2, -0.15) is 0 Å². The molecule has 1 aromatic rings. The first-order chi connectivity index (χ1) is 8.47. The molecule has 0 saturated carbocycles. The Labute approximate surface area is 110 Å². The molecule has 18 heavy (non-hydrogen) atoms. The van der Waals surface area contributed by atoms with Crippen LogP contribution in [0, 0.1) is 12.3 Å². The van der Waals surface area contributed by atoms with Crippen LogP contribution in [-0.2, 0) is 16.0 Å². The van der Waals surface area contributed by atoms with Crippen LogP contribution in [-0.4, -0.2) is 26.2 Å². The van der Waals surface area contributed by atoms with Gasteiger partial charge in [-0.25, -0.2) is 0 Å². The van der Waals surface area contributed by atoms with Gasteiger partial charge in [0.1, 0.15) is 0 Å². The summed E-state index contributed by atoms with van der Waals surface area (Å²) < 4.78 is 4.77. The summed E-state index contributed by atoms with van der Waals surface area (Å²) in [6.45, 7) is 7.39. The Morgan fingerprint density at radius 2 is 2.00 bits per heavy atom. The lowest BCUT2D eigenvalue weighted by atomic mass is 9.93. The van der Waals surface area contributed by atoms with E-state index < -0.39 is 5.41 Å². The molecule has 0 unspecified atom stereocenters. The maximum Gasteiger partial charge on any atom is 0.312 e. The van der Waals surface area contributed by atoms with Crippen molar-refractivity contribution in [2.24, 2.45) is 5.41 Å². The minimum Gasteiger partial charge on any atom is -0.469 e. The smallest absolute Gasteiger partial charge is 0.312 e. The van der Waals surface area contributed by atoms with Crippen LogP contribution in [0.4, 0.5) is 0 Å². The quantitative estimate of drug-likeness (QED) is 0.621. The maximum absolute atomic E-state index is 11.5. The van der Waals surface area contributed by atoms with Crippen molar-refractivity contribution in [3.8, 4) is 0 Å². The predicted molar refractivity (Wildman–Crippen MR) is 73.5 cm³/mol.